The Balaban J connectivity index is 1.62. The summed E-state index contributed by atoms with van der Waals surface area (Å²) in [5.41, 5.74) is 2.65. The van der Waals surface area contributed by atoms with E-state index in [2.05, 4.69) is 21.3 Å². The van der Waals surface area contributed by atoms with Crippen LogP contribution in [0.3, 0.4) is 0 Å². The predicted molar refractivity (Wildman–Crippen MR) is 102 cm³/mol. The molecule has 0 spiro atoms. The number of anilines is 1. The molecule has 1 aliphatic rings. The number of ether oxygens (including phenoxy) is 1. The molecule has 2 aromatic rings. The molecular formula is C19H21N3O2S. The molecule has 1 saturated heterocycles. The zero-order valence-corrected chi connectivity index (χ0v) is 15.0. The van der Waals surface area contributed by atoms with Crippen molar-refractivity contribution >= 4 is 29.0 Å². The number of piperidine rings is 1. The number of rotatable bonds is 3. The summed E-state index contributed by atoms with van der Waals surface area (Å²) in [6.07, 6.45) is 5.99. The number of carbonyl (C=O) groups excluding carboxylic acids is 1. The monoisotopic (exact) mass is 355 g/mol. The smallest absolute Gasteiger partial charge is 0.337 e. The molecule has 0 radical (unpaired) electrons. The van der Waals surface area contributed by atoms with Crippen molar-refractivity contribution < 1.29 is 9.53 Å². The van der Waals surface area contributed by atoms with Crippen LogP contribution in [0.25, 0.3) is 0 Å². The molecule has 25 heavy (non-hydrogen) atoms. The van der Waals surface area contributed by atoms with Crippen molar-refractivity contribution in [1.82, 2.24) is 9.88 Å². The van der Waals surface area contributed by atoms with E-state index in [4.69, 9.17) is 17.0 Å². The van der Waals surface area contributed by atoms with Gasteiger partial charge in [-0.3, -0.25) is 4.98 Å². The highest BCUT2D eigenvalue weighted by Gasteiger charge is 2.23. The van der Waals surface area contributed by atoms with Crippen LogP contribution in [-0.2, 0) is 4.74 Å². The van der Waals surface area contributed by atoms with E-state index in [0.29, 0.717) is 16.6 Å². The highest BCUT2D eigenvalue weighted by molar-refractivity contribution is 7.80. The van der Waals surface area contributed by atoms with E-state index in [0.717, 1.165) is 31.6 Å². The van der Waals surface area contributed by atoms with Gasteiger partial charge in [0.05, 0.1) is 12.7 Å². The number of nitrogens with one attached hydrogen (secondary N) is 1. The Hall–Kier alpha value is -2.47. The van der Waals surface area contributed by atoms with E-state index in [1.807, 2.05) is 24.4 Å². The van der Waals surface area contributed by atoms with Crippen molar-refractivity contribution in [3.63, 3.8) is 0 Å². The van der Waals surface area contributed by atoms with Crippen molar-refractivity contribution in [2.24, 2.45) is 0 Å². The fourth-order valence-corrected chi connectivity index (χ4v) is 3.34. The van der Waals surface area contributed by atoms with E-state index in [9.17, 15) is 4.79 Å². The zero-order chi connectivity index (χ0) is 17.6. The van der Waals surface area contributed by atoms with Gasteiger partial charge >= 0.3 is 5.97 Å². The number of pyridine rings is 1. The minimum Gasteiger partial charge on any atom is -0.465 e. The molecule has 0 bridgehead atoms. The fraction of sp³-hybridized carbons (Fsp3) is 0.316. The summed E-state index contributed by atoms with van der Waals surface area (Å²) in [7, 11) is 1.37. The Labute approximate surface area is 153 Å². The van der Waals surface area contributed by atoms with Gasteiger partial charge in [0, 0.05) is 37.1 Å². The lowest BCUT2D eigenvalue weighted by Gasteiger charge is -2.34. The molecule has 1 aliphatic heterocycles. The van der Waals surface area contributed by atoms with Crippen LogP contribution in [0, 0.1) is 0 Å². The summed E-state index contributed by atoms with van der Waals surface area (Å²) in [4.78, 5) is 17.9. The lowest BCUT2D eigenvalue weighted by molar-refractivity contribution is 0.0601. The summed E-state index contributed by atoms with van der Waals surface area (Å²) >= 11 is 5.57. The summed E-state index contributed by atoms with van der Waals surface area (Å²) in [5.74, 6) is 0.105. The number of methoxy groups -OCH3 is 1. The maximum Gasteiger partial charge on any atom is 0.337 e. The molecule has 1 aromatic carbocycles. The van der Waals surface area contributed by atoms with E-state index in [1.54, 1.807) is 18.3 Å². The first-order chi connectivity index (χ1) is 12.2. The normalized spacial score (nSPS) is 17.0. The molecule has 1 unspecified atom stereocenters. The molecule has 130 valence electrons. The Bertz CT molecular complexity index is 734. The molecule has 0 aliphatic carbocycles. The van der Waals surface area contributed by atoms with Gasteiger partial charge in [-0.15, -0.1) is 0 Å². The molecule has 5 nitrogen and oxygen atoms in total. The van der Waals surface area contributed by atoms with Crippen molar-refractivity contribution in [3.05, 3.63) is 59.9 Å². The van der Waals surface area contributed by atoms with Gasteiger partial charge in [0.2, 0.25) is 0 Å². The van der Waals surface area contributed by atoms with Crippen LogP contribution < -0.4 is 5.32 Å². The quantitative estimate of drug-likeness (QED) is 0.672. The third kappa shape index (κ3) is 4.33. The second-order valence-corrected chi connectivity index (χ2v) is 6.46. The number of esters is 1. The van der Waals surface area contributed by atoms with Crippen LogP contribution in [0.4, 0.5) is 5.69 Å². The maximum atomic E-state index is 11.5. The molecule has 0 amide bonds. The van der Waals surface area contributed by atoms with Crippen molar-refractivity contribution in [2.45, 2.75) is 18.8 Å². The highest BCUT2D eigenvalue weighted by atomic mass is 32.1. The van der Waals surface area contributed by atoms with Gasteiger partial charge in [-0.2, -0.15) is 0 Å². The summed E-state index contributed by atoms with van der Waals surface area (Å²) in [6, 6.07) is 11.2. The third-order valence-corrected chi connectivity index (χ3v) is 4.78. The van der Waals surface area contributed by atoms with Crippen LogP contribution in [0.1, 0.15) is 34.7 Å². The van der Waals surface area contributed by atoms with Crippen LogP contribution in [0.5, 0.6) is 0 Å². The van der Waals surface area contributed by atoms with Gasteiger partial charge in [-0.05, 0) is 61.0 Å². The number of aromatic nitrogens is 1. The predicted octanol–water partition coefficient (Wildman–Crippen LogP) is 3.44. The van der Waals surface area contributed by atoms with E-state index < -0.39 is 0 Å². The maximum absolute atomic E-state index is 11.5. The number of nitrogens with zero attached hydrogens (tertiary/aromatic N) is 2. The number of hydrogen-bond donors (Lipinski definition) is 1. The number of hydrogen-bond acceptors (Lipinski definition) is 4. The zero-order valence-electron chi connectivity index (χ0n) is 14.1. The highest BCUT2D eigenvalue weighted by Crippen LogP contribution is 2.26. The van der Waals surface area contributed by atoms with Crippen molar-refractivity contribution in [2.75, 3.05) is 25.5 Å². The molecule has 6 heteroatoms. The topological polar surface area (TPSA) is 54.5 Å². The van der Waals surface area contributed by atoms with Gasteiger partial charge in [0.25, 0.3) is 0 Å². The minimum absolute atomic E-state index is 0.343. The first-order valence-corrected chi connectivity index (χ1v) is 8.72. The molecule has 1 aromatic heterocycles. The lowest BCUT2D eigenvalue weighted by Crippen LogP contribution is -2.41. The van der Waals surface area contributed by atoms with Gasteiger partial charge in [-0.25, -0.2) is 4.79 Å². The SMILES string of the molecule is COC(=O)c1ccc(NC(=S)N2CCCC(c3cccnc3)C2)cc1. The van der Waals surface area contributed by atoms with Gasteiger partial charge in [0.1, 0.15) is 0 Å². The van der Waals surface area contributed by atoms with E-state index in [-0.39, 0.29) is 5.97 Å². The first-order valence-electron chi connectivity index (χ1n) is 8.31. The largest absolute Gasteiger partial charge is 0.465 e. The van der Waals surface area contributed by atoms with Gasteiger partial charge in [0.15, 0.2) is 5.11 Å². The molecule has 1 fully saturated rings. The molecule has 1 atom stereocenters. The molecule has 1 N–H and O–H groups in total. The summed E-state index contributed by atoms with van der Waals surface area (Å²) in [5, 5.41) is 3.97. The Morgan fingerprint density at radius 2 is 2.12 bits per heavy atom. The number of thiocarbonyl (C=S) groups is 1. The molecule has 3 rings (SSSR count). The second kappa shape index (κ2) is 8.07. The van der Waals surface area contributed by atoms with Crippen molar-refractivity contribution in [3.8, 4) is 0 Å². The fourth-order valence-electron chi connectivity index (χ4n) is 3.06. The van der Waals surface area contributed by atoms with Gasteiger partial charge in [-0.1, -0.05) is 6.07 Å². The Morgan fingerprint density at radius 1 is 1.32 bits per heavy atom. The van der Waals surface area contributed by atoms with Crippen LogP contribution in [-0.4, -0.2) is 41.2 Å². The summed E-state index contributed by atoms with van der Waals surface area (Å²) in [6.45, 7) is 1.83. The van der Waals surface area contributed by atoms with Crippen molar-refractivity contribution in [1.29, 1.82) is 0 Å². The van der Waals surface area contributed by atoms with Crippen LogP contribution in [0.15, 0.2) is 48.8 Å². The van der Waals surface area contributed by atoms with Gasteiger partial charge < -0.3 is 15.0 Å². The van der Waals surface area contributed by atoms with E-state index >= 15 is 0 Å². The number of benzene rings is 1. The molecular weight excluding hydrogens is 334 g/mol. The molecule has 0 saturated carbocycles. The van der Waals surface area contributed by atoms with E-state index in [1.165, 1.54) is 12.7 Å². The summed E-state index contributed by atoms with van der Waals surface area (Å²) < 4.78 is 4.71. The minimum atomic E-state index is -0.343. The first kappa shape index (κ1) is 17.4. The standard InChI is InChI=1S/C19H21N3O2S/c1-24-18(23)14-6-8-17(9-7-14)21-19(25)22-11-3-5-16(13-22)15-4-2-10-20-12-15/h2,4,6-10,12,16H,3,5,11,13H2,1H3,(H,21,25). The molecule has 2 heterocycles. The number of carbonyl (C=O) groups is 1. The van der Waals surface area contributed by atoms with Crippen LogP contribution in [0.2, 0.25) is 0 Å². The lowest BCUT2D eigenvalue weighted by atomic mass is 9.92. The Kier molecular flexibility index (Phi) is 5.60. The average molecular weight is 355 g/mol. The second-order valence-electron chi connectivity index (χ2n) is 6.07. The number of likely N-dealkylation sites (tertiary alicyclic amines) is 1. The third-order valence-electron chi connectivity index (χ3n) is 4.42. The Morgan fingerprint density at radius 3 is 2.80 bits per heavy atom. The van der Waals surface area contributed by atoms with Crippen LogP contribution >= 0.6 is 12.2 Å². The average Bonchev–Trinajstić information content (AvgIpc) is 2.68.